The lowest BCUT2D eigenvalue weighted by Crippen LogP contribution is -2.29. The van der Waals surface area contributed by atoms with Crippen molar-refractivity contribution in [1.82, 2.24) is 10.3 Å². The molecule has 26 heavy (non-hydrogen) atoms. The molecule has 4 nitrogen and oxygen atoms in total. The largest absolute Gasteiger partial charge is 0.481 e. The molecule has 0 aliphatic heterocycles. The van der Waals surface area contributed by atoms with E-state index in [0.717, 1.165) is 36.1 Å². The van der Waals surface area contributed by atoms with Crippen LogP contribution in [0.25, 0.3) is 0 Å². The van der Waals surface area contributed by atoms with Crippen LogP contribution in [-0.2, 0) is 11.3 Å². The fraction of sp³-hybridized carbons (Fsp3) is 0.400. The van der Waals surface area contributed by atoms with E-state index in [2.05, 4.69) is 10.3 Å². The monoisotopic (exact) mass is 360 g/mol. The normalized spacial score (nSPS) is 14.8. The Balaban J connectivity index is 1.72. The van der Waals surface area contributed by atoms with Crippen LogP contribution < -0.4 is 10.1 Å². The number of methoxy groups -OCH3 is 1. The molecule has 1 saturated carbocycles. The van der Waals surface area contributed by atoms with Crippen LogP contribution in [0.5, 0.6) is 5.88 Å². The summed E-state index contributed by atoms with van der Waals surface area (Å²) in [4.78, 5) is 16.9. The minimum atomic E-state index is -0.947. The van der Waals surface area contributed by atoms with Crippen LogP contribution in [0, 0.1) is 11.6 Å². The minimum absolute atomic E-state index is 0.239. The van der Waals surface area contributed by atoms with Gasteiger partial charge in [0.05, 0.1) is 13.0 Å². The Bertz CT molecular complexity index is 806. The Morgan fingerprint density at radius 3 is 2.69 bits per heavy atom. The van der Waals surface area contributed by atoms with Gasteiger partial charge in [0.15, 0.2) is 11.6 Å². The van der Waals surface area contributed by atoms with Gasteiger partial charge in [-0.25, -0.2) is 13.8 Å². The minimum Gasteiger partial charge on any atom is -0.481 e. The van der Waals surface area contributed by atoms with Gasteiger partial charge in [-0.3, -0.25) is 4.79 Å². The number of halogens is 2. The first-order chi connectivity index (χ1) is 12.5. The summed E-state index contributed by atoms with van der Waals surface area (Å²) < 4.78 is 31.9. The zero-order chi connectivity index (χ0) is 18.7. The van der Waals surface area contributed by atoms with E-state index in [1.54, 1.807) is 7.11 Å². The van der Waals surface area contributed by atoms with Crippen LogP contribution in [0.15, 0.2) is 30.5 Å². The molecule has 0 spiro atoms. The van der Waals surface area contributed by atoms with Crippen LogP contribution in [0.3, 0.4) is 0 Å². The highest BCUT2D eigenvalue weighted by atomic mass is 19.2. The first kappa shape index (κ1) is 18.3. The summed E-state index contributed by atoms with van der Waals surface area (Å²) in [6, 6.07) is 5.59. The predicted octanol–water partition coefficient (Wildman–Crippen LogP) is 4.06. The maximum absolute atomic E-state index is 13.5. The second kappa shape index (κ2) is 7.81. The highest BCUT2D eigenvalue weighted by Gasteiger charge is 2.25. The van der Waals surface area contributed by atoms with Gasteiger partial charge in [0.1, 0.15) is 0 Å². The number of pyridine rings is 1. The Morgan fingerprint density at radius 2 is 2.08 bits per heavy atom. The van der Waals surface area contributed by atoms with Crippen LogP contribution in [0.2, 0.25) is 0 Å². The van der Waals surface area contributed by atoms with Crippen LogP contribution >= 0.6 is 0 Å². The number of ether oxygens (including phenoxy) is 1. The third-order valence-corrected chi connectivity index (χ3v) is 4.71. The van der Waals surface area contributed by atoms with E-state index in [1.807, 2.05) is 19.2 Å². The Kier molecular flexibility index (Phi) is 5.49. The van der Waals surface area contributed by atoms with E-state index in [1.165, 1.54) is 6.07 Å². The van der Waals surface area contributed by atoms with Crippen LogP contribution in [-0.4, -0.2) is 18.0 Å². The standard InChI is InChI=1S/C20H22F2N2O2/c1-3-16(13-6-7-17(21)18(22)9-13)19(25)23-11-15-8-14(12-4-5-12)10-24-20(15)26-2/h6-10,12,16H,3-5,11H2,1-2H3,(H,23,25)/t16-/m0/s1. The SMILES string of the molecule is CC[C@H](C(=O)NCc1cc(C2CC2)cnc1OC)c1ccc(F)c(F)c1. The number of aromatic nitrogens is 1. The van der Waals surface area contributed by atoms with Gasteiger partial charge in [-0.2, -0.15) is 0 Å². The number of carbonyl (C=O) groups is 1. The molecule has 3 rings (SSSR count). The Labute approximate surface area is 151 Å². The lowest BCUT2D eigenvalue weighted by molar-refractivity contribution is -0.122. The van der Waals surface area contributed by atoms with Crippen LogP contribution in [0.1, 0.15) is 54.7 Å². The Hall–Kier alpha value is -2.50. The van der Waals surface area contributed by atoms with Crippen molar-refractivity contribution in [3.05, 3.63) is 58.8 Å². The summed E-state index contributed by atoms with van der Waals surface area (Å²) in [5.74, 6) is -1.62. The Morgan fingerprint density at radius 1 is 1.31 bits per heavy atom. The quantitative estimate of drug-likeness (QED) is 0.810. The van der Waals surface area contributed by atoms with Crippen molar-refractivity contribution < 1.29 is 18.3 Å². The van der Waals surface area contributed by atoms with E-state index in [4.69, 9.17) is 4.74 Å². The maximum Gasteiger partial charge on any atom is 0.227 e. The summed E-state index contributed by atoms with van der Waals surface area (Å²) in [7, 11) is 1.54. The van der Waals surface area contributed by atoms with Gasteiger partial charge < -0.3 is 10.1 Å². The van der Waals surface area contributed by atoms with E-state index in [9.17, 15) is 13.6 Å². The number of rotatable bonds is 7. The third-order valence-electron chi connectivity index (χ3n) is 4.71. The summed E-state index contributed by atoms with van der Waals surface area (Å²) >= 11 is 0. The molecular formula is C20H22F2N2O2. The first-order valence-corrected chi connectivity index (χ1v) is 8.79. The van der Waals surface area contributed by atoms with Crippen molar-refractivity contribution in [3.8, 4) is 5.88 Å². The highest BCUT2D eigenvalue weighted by molar-refractivity contribution is 5.83. The number of amides is 1. The molecule has 6 heteroatoms. The van der Waals surface area contributed by atoms with Crippen molar-refractivity contribution in [2.75, 3.05) is 7.11 Å². The average molecular weight is 360 g/mol. The molecule has 1 N–H and O–H groups in total. The second-order valence-corrected chi connectivity index (χ2v) is 6.56. The number of nitrogens with one attached hydrogen (secondary N) is 1. The molecule has 0 saturated heterocycles. The zero-order valence-corrected chi connectivity index (χ0v) is 14.9. The van der Waals surface area contributed by atoms with Gasteiger partial charge >= 0.3 is 0 Å². The van der Waals surface area contributed by atoms with E-state index in [-0.39, 0.29) is 12.5 Å². The number of nitrogens with zero attached hydrogens (tertiary/aromatic N) is 1. The van der Waals surface area contributed by atoms with Gasteiger partial charge in [0.2, 0.25) is 11.8 Å². The molecular weight excluding hydrogens is 338 g/mol. The van der Waals surface area contributed by atoms with Crippen molar-refractivity contribution in [2.45, 2.75) is 44.6 Å². The summed E-state index contributed by atoms with van der Waals surface area (Å²) in [5.41, 5.74) is 2.42. The van der Waals surface area contributed by atoms with Crippen LogP contribution in [0.4, 0.5) is 8.78 Å². The van der Waals surface area contributed by atoms with Gasteiger partial charge in [0.25, 0.3) is 0 Å². The third kappa shape index (κ3) is 4.00. The smallest absolute Gasteiger partial charge is 0.227 e. The van der Waals surface area contributed by atoms with Gasteiger partial charge in [0, 0.05) is 18.3 Å². The van der Waals surface area contributed by atoms with E-state index >= 15 is 0 Å². The molecule has 1 aromatic carbocycles. The van der Waals surface area contributed by atoms with Crippen molar-refractivity contribution in [1.29, 1.82) is 0 Å². The lowest BCUT2D eigenvalue weighted by Gasteiger charge is -2.17. The maximum atomic E-state index is 13.5. The fourth-order valence-corrected chi connectivity index (χ4v) is 3.07. The van der Waals surface area contributed by atoms with E-state index < -0.39 is 17.6 Å². The topological polar surface area (TPSA) is 51.2 Å². The molecule has 1 aliphatic carbocycles. The molecule has 1 atom stereocenters. The van der Waals surface area contributed by atoms with E-state index in [0.29, 0.717) is 23.8 Å². The van der Waals surface area contributed by atoms with Gasteiger partial charge in [-0.15, -0.1) is 0 Å². The van der Waals surface area contributed by atoms with Crippen molar-refractivity contribution >= 4 is 5.91 Å². The van der Waals surface area contributed by atoms with Gasteiger partial charge in [-0.1, -0.05) is 13.0 Å². The number of hydrogen-bond acceptors (Lipinski definition) is 3. The molecule has 138 valence electrons. The summed E-state index contributed by atoms with van der Waals surface area (Å²) in [6.07, 6.45) is 4.62. The molecule has 0 unspecified atom stereocenters. The molecule has 1 heterocycles. The predicted molar refractivity (Wildman–Crippen MR) is 94.0 cm³/mol. The summed E-state index contributed by atoms with van der Waals surface area (Å²) in [5, 5.41) is 2.87. The molecule has 1 fully saturated rings. The van der Waals surface area contributed by atoms with Gasteiger partial charge in [-0.05, 0) is 54.5 Å². The van der Waals surface area contributed by atoms with Crippen molar-refractivity contribution in [2.24, 2.45) is 0 Å². The molecule has 1 aliphatic rings. The molecule has 0 radical (unpaired) electrons. The number of benzene rings is 1. The fourth-order valence-electron chi connectivity index (χ4n) is 3.07. The van der Waals surface area contributed by atoms with Crippen molar-refractivity contribution in [3.63, 3.8) is 0 Å². The zero-order valence-electron chi connectivity index (χ0n) is 14.9. The average Bonchev–Trinajstić information content (AvgIpc) is 3.48. The lowest BCUT2D eigenvalue weighted by atomic mass is 9.95. The summed E-state index contributed by atoms with van der Waals surface area (Å²) in [6.45, 7) is 2.11. The number of carbonyl (C=O) groups excluding carboxylic acids is 1. The first-order valence-electron chi connectivity index (χ1n) is 8.79. The number of hydrogen-bond donors (Lipinski definition) is 1. The second-order valence-electron chi connectivity index (χ2n) is 6.56. The highest BCUT2D eigenvalue weighted by Crippen LogP contribution is 2.40. The molecule has 1 aromatic heterocycles. The molecule has 0 bridgehead atoms. The molecule has 2 aromatic rings. The molecule has 1 amide bonds.